The number of hydrogen-bond donors (Lipinski definition) is 1. The van der Waals surface area contributed by atoms with Gasteiger partial charge in [0.15, 0.2) is 5.78 Å². The summed E-state index contributed by atoms with van der Waals surface area (Å²) in [4.78, 5) is 36.4. The molecular formula is C23H32O5. The van der Waals surface area contributed by atoms with Gasteiger partial charge < -0.3 is 9.84 Å². The second-order valence-corrected chi connectivity index (χ2v) is 9.96. The molecule has 0 saturated heterocycles. The maximum atomic E-state index is 12.3. The second kappa shape index (κ2) is 6.79. The molecule has 3 fully saturated rings. The highest BCUT2D eigenvalue weighted by molar-refractivity contribution is 5.92. The molecule has 0 aromatic carbocycles. The summed E-state index contributed by atoms with van der Waals surface area (Å²) in [6.07, 6.45) is 7.49. The molecule has 0 bridgehead atoms. The molecule has 5 heteroatoms. The molecule has 0 aliphatic heterocycles. The Morgan fingerprint density at radius 3 is 2.61 bits per heavy atom. The van der Waals surface area contributed by atoms with Gasteiger partial charge in [-0.25, -0.2) is 4.79 Å². The van der Waals surface area contributed by atoms with Crippen LogP contribution in [0.2, 0.25) is 0 Å². The Kier molecular flexibility index (Phi) is 4.80. The SMILES string of the molecule is CC(=O)[C@H]1CC[C@H]2[C@@H]3CCC4=CC(=O)CC(OC(=O)CO)[C@]4(C)[C@H]3CC[C@]12C. The molecule has 0 amide bonds. The van der Waals surface area contributed by atoms with E-state index in [0.29, 0.717) is 23.5 Å². The van der Waals surface area contributed by atoms with Crippen molar-refractivity contribution < 1.29 is 24.2 Å². The van der Waals surface area contributed by atoms with Crippen LogP contribution in [0.25, 0.3) is 0 Å². The smallest absolute Gasteiger partial charge is 0.332 e. The van der Waals surface area contributed by atoms with E-state index in [1.807, 2.05) is 0 Å². The van der Waals surface area contributed by atoms with Crippen molar-refractivity contribution in [2.24, 2.45) is 34.5 Å². The third kappa shape index (κ3) is 2.72. The predicted octanol–water partition coefficient (Wildman–Crippen LogP) is 3.24. The van der Waals surface area contributed by atoms with Crippen molar-refractivity contribution in [1.29, 1.82) is 0 Å². The first-order valence-corrected chi connectivity index (χ1v) is 10.8. The van der Waals surface area contributed by atoms with Gasteiger partial charge in [-0.05, 0) is 74.7 Å². The molecular weight excluding hydrogens is 356 g/mol. The van der Waals surface area contributed by atoms with Gasteiger partial charge in [-0.15, -0.1) is 0 Å². The first-order chi connectivity index (χ1) is 13.2. The average molecular weight is 389 g/mol. The molecule has 0 aromatic heterocycles. The Labute approximate surface area is 166 Å². The number of carbonyl (C=O) groups excluding carboxylic acids is 3. The molecule has 4 aliphatic carbocycles. The van der Waals surface area contributed by atoms with Crippen LogP contribution in [0.4, 0.5) is 0 Å². The zero-order chi connectivity index (χ0) is 20.3. The lowest BCUT2D eigenvalue weighted by molar-refractivity contribution is -0.169. The fourth-order valence-electron chi connectivity index (χ4n) is 7.61. The van der Waals surface area contributed by atoms with Gasteiger partial charge in [0.05, 0.1) is 0 Å². The molecule has 4 aliphatic rings. The van der Waals surface area contributed by atoms with E-state index in [1.165, 1.54) is 0 Å². The standard InChI is InChI=1S/C23H32O5/c1-13(25)17-6-7-18-16-5-4-14-10-15(26)11-20(28-21(27)12-24)23(14,3)19(16)8-9-22(17,18)2/h10,16-20,24H,4-9,11-12H2,1-3H3/t16-,17+,18-,19-,20?,22+,23-/m0/s1. The number of hydrogen-bond acceptors (Lipinski definition) is 5. The quantitative estimate of drug-likeness (QED) is 0.751. The van der Waals surface area contributed by atoms with Crippen molar-refractivity contribution in [3.63, 3.8) is 0 Å². The minimum atomic E-state index is -0.658. The molecule has 0 heterocycles. The molecule has 0 spiro atoms. The molecule has 1 unspecified atom stereocenters. The van der Waals surface area contributed by atoms with Crippen LogP contribution >= 0.6 is 0 Å². The van der Waals surface area contributed by atoms with Gasteiger partial charge in [0, 0.05) is 17.8 Å². The lowest BCUT2D eigenvalue weighted by atomic mass is 9.46. The number of carbonyl (C=O) groups is 3. The topological polar surface area (TPSA) is 80.7 Å². The monoisotopic (exact) mass is 388 g/mol. The van der Waals surface area contributed by atoms with E-state index in [9.17, 15) is 19.5 Å². The van der Waals surface area contributed by atoms with Crippen LogP contribution in [0, 0.1) is 34.5 Å². The van der Waals surface area contributed by atoms with Crippen LogP contribution in [0.1, 0.15) is 65.7 Å². The van der Waals surface area contributed by atoms with Gasteiger partial charge in [0.1, 0.15) is 18.5 Å². The number of fused-ring (bicyclic) bond motifs is 5. The van der Waals surface area contributed by atoms with Crippen molar-refractivity contribution in [2.45, 2.75) is 71.8 Å². The lowest BCUT2D eigenvalue weighted by Crippen LogP contribution is -2.56. The van der Waals surface area contributed by atoms with Crippen molar-refractivity contribution in [3.8, 4) is 0 Å². The molecule has 7 atom stereocenters. The fraction of sp³-hybridized carbons (Fsp3) is 0.783. The first-order valence-electron chi connectivity index (χ1n) is 10.8. The first kappa shape index (κ1) is 19.8. The highest BCUT2D eigenvalue weighted by atomic mass is 16.6. The Bertz CT molecular complexity index is 739. The number of rotatable bonds is 3. The Hall–Kier alpha value is -1.49. The molecule has 1 N–H and O–H groups in total. The minimum absolute atomic E-state index is 0.0137. The molecule has 5 nitrogen and oxygen atoms in total. The van der Waals surface area contributed by atoms with Gasteiger partial charge >= 0.3 is 5.97 Å². The van der Waals surface area contributed by atoms with E-state index in [0.717, 1.165) is 44.1 Å². The number of Topliss-reactive ketones (excluding diaryl/α,β-unsaturated/α-hetero) is 1. The van der Waals surface area contributed by atoms with E-state index in [1.54, 1.807) is 13.0 Å². The van der Waals surface area contributed by atoms with Crippen LogP contribution < -0.4 is 0 Å². The van der Waals surface area contributed by atoms with E-state index >= 15 is 0 Å². The maximum absolute atomic E-state index is 12.3. The predicted molar refractivity (Wildman–Crippen MR) is 103 cm³/mol. The van der Waals surface area contributed by atoms with Crippen molar-refractivity contribution >= 4 is 17.5 Å². The molecule has 154 valence electrons. The minimum Gasteiger partial charge on any atom is -0.459 e. The highest BCUT2D eigenvalue weighted by Crippen LogP contribution is 2.66. The lowest BCUT2D eigenvalue weighted by Gasteiger charge is -2.59. The molecule has 28 heavy (non-hydrogen) atoms. The van der Waals surface area contributed by atoms with E-state index in [-0.39, 0.29) is 29.0 Å². The van der Waals surface area contributed by atoms with Gasteiger partial charge in [-0.2, -0.15) is 0 Å². The van der Waals surface area contributed by atoms with Crippen LogP contribution in [0.3, 0.4) is 0 Å². The van der Waals surface area contributed by atoms with Crippen molar-refractivity contribution in [2.75, 3.05) is 6.61 Å². The van der Waals surface area contributed by atoms with Crippen LogP contribution in [-0.2, 0) is 19.1 Å². The number of ether oxygens (including phenoxy) is 1. The summed E-state index contributed by atoms with van der Waals surface area (Å²) in [5.74, 6) is 1.21. The highest BCUT2D eigenvalue weighted by Gasteiger charge is 2.62. The maximum Gasteiger partial charge on any atom is 0.332 e. The van der Waals surface area contributed by atoms with E-state index in [2.05, 4.69) is 13.8 Å². The molecule has 0 aromatic rings. The summed E-state index contributed by atoms with van der Waals surface area (Å²) in [5.41, 5.74) is 0.842. The Balaban J connectivity index is 1.69. The fourth-order valence-corrected chi connectivity index (χ4v) is 7.61. The normalized spacial score (nSPS) is 44.8. The van der Waals surface area contributed by atoms with Crippen molar-refractivity contribution in [3.05, 3.63) is 11.6 Å². The Morgan fingerprint density at radius 1 is 1.18 bits per heavy atom. The van der Waals surface area contributed by atoms with Crippen molar-refractivity contribution in [1.82, 2.24) is 0 Å². The van der Waals surface area contributed by atoms with Crippen LogP contribution in [0.15, 0.2) is 11.6 Å². The third-order valence-corrected chi connectivity index (χ3v) is 8.93. The van der Waals surface area contributed by atoms with Gasteiger partial charge in [-0.3, -0.25) is 9.59 Å². The Morgan fingerprint density at radius 2 is 1.93 bits per heavy atom. The van der Waals surface area contributed by atoms with E-state index < -0.39 is 18.7 Å². The summed E-state index contributed by atoms with van der Waals surface area (Å²) in [7, 11) is 0. The largest absolute Gasteiger partial charge is 0.459 e. The third-order valence-electron chi connectivity index (χ3n) is 8.93. The summed E-state index contributed by atoms with van der Waals surface area (Å²) in [5, 5.41) is 9.18. The van der Waals surface area contributed by atoms with E-state index in [4.69, 9.17) is 4.74 Å². The summed E-state index contributed by atoms with van der Waals surface area (Å²) in [6, 6.07) is 0. The molecule has 0 radical (unpaired) electrons. The zero-order valence-corrected chi connectivity index (χ0v) is 17.2. The number of ketones is 2. The average Bonchev–Trinajstić information content (AvgIpc) is 3.00. The number of aliphatic hydroxyl groups is 1. The summed E-state index contributed by atoms with van der Waals surface area (Å²) >= 11 is 0. The summed E-state index contributed by atoms with van der Waals surface area (Å²) in [6.45, 7) is 5.56. The van der Waals surface area contributed by atoms with Gasteiger partial charge in [0.2, 0.25) is 0 Å². The van der Waals surface area contributed by atoms with Crippen LogP contribution in [0.5, 0.6) is 0 Å². The molecule has 3 saturated carbocycles. The number of aliphatic hydroxyl groups excluding tert-OH is 1. The second-order valence-electron chi connectivity index (χ2n) is 9.96. The van der Waals surface area contributed by atoms with Gasteiger partial charge in [-0.1, -0.05) is 19.4 Å². The zero-order valence-electron chi connectivity index (χ0n) is 17.2. The number of esters is 1. The molecule has 4 rings (SSSR count). The van der Waals surface area contributed by atoms with Gasteiger partial charge in [0.25, 0.3) is 0 Å². The summed E-state index contributed by atoms with van der Waals surface area (Å²) < 4.78 is 5.62. The van der Waals surface area contributed by atoms with Crippen LogP contribution in [-0.4, -0.2) is 35.4 Å².